The number of allylic oxidation sites excluding steroid dienone is 1. The van der Waals surface area contributed by atoms with Gasteiger partial charge in [0.05, 0.1) is 6.61 Å². The number of hydrogen-bond donors (Lipinski definition) is 0. The molecule has 0 saturated heterocycles. The van der Waals surface area contributed by atoms with Crippen molar-refractivity contribution in [1.82, 2.24) is 4.98 Å². The molecule has 2 heterocycles. The van der Waals surface area contributed by atoms with Crippen molar-refractivity contribution in [3.8, 4) is 35.2 Å². The van der Waals surface area contributed by atoms with Crippen molar-refractivity contribution in [2.45, 2.75) is 19.9 Å². The first-order chi connectivity index (χ1) is 16.2. The molecule has 0 fully saturated rings. The van der Waals surface area contributed by atoms with E-state index in [4.69, 9.17) is 9.72 Å². The Morgan fingerprint density at radius 3 is 2.39 bits per heavy atom. The molecule has 1 aliphatic heterocycles. The second-order valence-corrected chi connectivity index (χ2v) is 7.54. The summed E-state index contributed by atoms with van der Waals surface area (Å²) in [6, 6.07) is 23.9. The molecule has 0 N–H and O–H groups in total. The Kier molecular flexibility index (Phi) is 6.35. The molecule has 0 amide bonds. The average molecular weight is 431 g/mol. The van der Waals surface area contributed by atoms with Gasteiger partial charge in [0.1, 0.15) is 35.2 Å². The minimum atomic E-state index is -0.0549. The minimum absolute atomic E-state index is 0.0549. The summed E-state index contributed by atoms with van der Waals surface area (Å²) in [6.45, 7) is 3.54. The minimum Gasteiger partial charge on any atom is -0.477 e. The molecule has 0 spiro atoms. The van der Waals surface area contributed by atoms with Crippen molar-refractivity contribution in [2.24, 2.45) is 0 Å². The molecule has 1 aliphatic rings. The fraction of sp³-hybridized carbons (Fsp3) is 0.185. The van der Waals surface area contributed by atoms with Crippen LogP contribution in [0, 0.1) is 34.0 Å². The number of nitriles is 3. The van der Waals surface area contributed by atoms with E-state index in [1.165, 1.54) is 17.2 Å². The summed E-state index contributed by atoms with van der Waals surface area (Å²) in [7, 11) is 0. The first kappa shape index (κ1) is 21.6. The predicted octanol–water partition coefficient (Wildman–Crippen LogP) is 5.01. The van der Waals surface area contributed by atoms with E-state index >= 15 is 0 Å². The quantitative estimate of drug-likeness (QED) is 0.527. The third-order valence-electron chi connectivity index (χ3n) is 5.60. The summed E-state index contributed by atoms with van der Waals surface area (Å²) < 4.78 is 5.79. The van der Waals surface area contributed by atoms with Crippen LogP contribution in [-0.2, 0) is 13.0 Å². The van der Waals surface area contributed by atoms with Crippen LogP contribution in [0.2, 0.25) is 0 Å². The molecular formula is C27H21N5O. The van der Waals surface area contributed by atoms with E-state index in [1.807, 2.05) is 61.5 Å². The van der Waals surface area contributed by atoms with Crippen molar-refractivity contribution < 1.29 is 4.74 Å². The van der Waals surface area contributed by atoms with Gasteiger partial charge in [-0.2, -0.15) is 20.8 Å². The Morgan fingerprint density at radius 2 is 1.73 bits per heavy atom. The topological polar surface area (TPSA) is 96.7 Å². The monoisotopic (exact) mass is 431 g/mol. The van der Waals surface area contributed by atoms with Crippen molar-refractivity contribution in [3.05, 3.63) is 82.4 Å². The van der Waals surface area contributed by atoms with Crippen molar-refractivity contribution >= 4 is 11.9 Å². The van der Waals surface area contributed by atoms with Gasteiger partial charge < -0.3 is 9.64 Å². The summed E-state index contributed by atoms with van der Waals surface area (Å²) >= 11 is 0. The maximum absolute atomic E-state index is 10.1. The van der Waals surface area contributed by atoms with Gasteiger partial charge in [0.15, 0.2) is 0 Å². The lowest BCUT2D eigenvalue weighted by atomic mass is 9.93. The molecule has 0 bridgehead atoms. The Hall–Kier alpha value is -4.60. The van der Waals surface area contributed by atoms with E-state index in [0.29, 0.717) is 36.6 Å². The zero-order valence-electron chi connectivity index (χ0n) is 18.2. The highest BCUT2D eigenvalue weighted by molar-refractivity contribution is 5.89. The molecule has 0 radical (unpaired) electrons. The molecule has 0 aliphatic carbocycles. The standard InChI is InChI=1S/C27H21N5O/c1-2-33-27-24(17-30)25(21-9-4-3-5-10-21)23(14-19(15-28)16-29)26(31-27)32-13-12-20-8-6-7-11-22(20)18-32/h3-11,14H,2,12-13,18H2,1H3. The third kappa shape index (κ3) is 4.26. The first-order valence-corrected chi connectivity index (χ1v) is 10.7. The highest BCUT2D eigenvalue weighted by atomic mass is 16.5. The van der Waals surface area contributed by atoms with E-state index in [0.717, 1.165) is 12.0 Å². The summed E-state index contributed by atoms with van der Waals surface area (Å²) in [5.41, 5.74) is 4.68. The highest BCUT2D eigenvalue weighted by Crippen LogP contribution is 2.40. The summed E-state index contributed by atoms with van der Waals surface area (Å²) in [4.78, 5) is 6.88. The number of nitrogens with zero attached hydrogens (tertiary/aromatic N) is 5. The zero-order chi connectivity index (χ0) is 23.2. The lowest BCUT2D eigenvalue weighted by Crippen LogP contribution is -2.32. The number of hydrogen-bond acceptors (Lipinski definition) is 6. The van der Waals surface area contributed by atoms with Gasteiger partial charge in [0, 0.05) is 24.2 Å². The normalized spacial score (nSPS) is 12.0. The Balaban J connectivity index is 2.02. The van der Waals surface area contributed by atoms with E-state index in [1.54, 1.807) is 0 Å². The van der Waals surface area contributed by atoms with E-state index < -0.39 is 0 Å². The molecule has 6 heteroatoms. The molecule has 160 valence electrons. The largest absolute Gasteiger partial charge is 0.477 e. The average Bonchev–Trinajstić information content (AvgIpc) is 2.87. The molecule has 0 atom stereocenters. The van der Waals surface area contributed by atoms with Crippen LogP contribution in [0.4, 0.5) is 5.82 Å². The van der Waals surface area contributed by atoms with Gasteiger partial charge in [-0.15, -0.1) is 0 Å². The highest BCUT2D eigenvalue weighted by Gasteiger charge is 2.26. The number of fused-ring (bicyclic) bond motifs is 1. The van der Waals surface area contributed by atoms with E-state index in [-0.39, 0.29) is 17.0 Å². The van der Waals surface area contributed by atoms with E-state index in [2.05, 4.69) is 23.1 Å². The number of benzene rings is 2. The van der Waals surface area contributed by atoms with Gasteiger partial charge in [0.2, 0.25) is 5.88 Å². The Morgan fingerprint density at radius 1 is 1.03 bits per heavy atom. The predicted molar refractivity (Wildman–Crippen MR) is 126 cm³/mol. The summed E-state index contributed by atoms with van der Waals surface area (Å²) in [6.07, 6.45) is 2.37. The van der Waals surface area contributed by atoms with Gasteiger partial charge in [-0.3, -0.25) is 0 Å². The van der Waals surface area contributed by atoms with E-state index in [9.17, 15) is 15.8 Å². The van der Waals surface area contributed by atoms with Gasteiger partial charge in [-0.25, -0.2) is 0 Å². The smallest absolute Gasteiger partial charge is 0.234 e. The lowest BCUT2D eigenvalue weighted by Gasteiger charge is -2.32. The van der Waals surface area contributed by atoms with Gasteiger partial charge in [-0.05, 0) is 36.1 Å². The maximum atomic E-state index is 10.1. The van der Waals surface area contributed by atoms with Gasteiger partial charge >= 0.3 is 0 Å². The number of aromatic nitrogens is 1. The summed E-state index contributed by atoms with van der Waals surface area (Å²) in [5.74, 6) is 0.842. The van der Waals surface area contributed by atoms with Crippen LogP contribution in [0.15, 0.2) is 60.2 Å². The molecule has 0 saturated carbocycles. The molecule has 3 aromatic rings. The fourth-order valence-corrected chi connectivity index (χ4v) is 4.10. The number of rotatable bonds is 5. The van der Waals surface area contributed by atoms with Gasteiger partial charge in [-0.1, -0.05) is 54.6 Å². The van der Waals surface area contributed by atoms with Crippen molar-refractivity contribution in [3.63, 3.8) is 0 Å². The van der Waals surface area contributed by atoms with Gasteiger partial charge in [0.25, 0.3) is 0 Å². The SMILES string of the molecule is CCOc1nc(N2CCc3ccccc3C2)c(C=C(C#N)C#N)c(-c2ccccc2)c1C#N. The van der Waals surface area contributed by atoms with Crippen molar-refractivity contribution in [2.75, 3.05) is 18.1 Å². The van der Waals surface area contributed by atoms with Crippen LogP contribution in [-0.4, -0.2) is 18.1 Å². The first-order valence-electron chi connectivity index (χ1n) is 10.7. The van der Waals surface area contributed by atoms with Crippen LogP contribution in [0.25, 0.3) is 17.2 Å². The van der Waals surface area contributed by atoms with Crippen molar-refractivity contribution in [1.29, 1.82) is 15.8 Å². The Bertz CT molecular complexity index is 1320. The molecular weight excluding hydrogens is 410 g/mol. The zero-order valence-corrected chi connectivity index (χ0v) is 18.2. The van der Waals surface area contributed by atoms with Crippen LogP contribution in [0.3, 0.4) is 0 Å². The molecule has 4 rings (SSSR count). The lowest BCUT2D eigenvalue weighted by molar-refractivity contribution is 0.326. The van der Waals surface area contributed by atoms with Crippen LogP contribution >= 0.6 is 0 Å². The molecule has 2 aromatic carbocycles. The number of ether oxygens (including phenoxy) is 1. The van der Waals surface area contributed by atoms with Crippen LogP contribution in [0.1, 0.15) is 29.2 Å². The molecule has 33 heavy (non-hydrogen) atoms. The molecule has 0 unspecified atom stereocenters. The third-order valence-corrected chi connectivity index (χ3v) is 5.60. The second-order valence-electron chi connectivity index (χ2n) is 7.54. The second kappa shape index (κ2) is 9.69. The fourth-order valence-electron chi connectivity index (χ4n) is 4.10. The Labute approximate surface area is 193 Å². The number of pyridine rings is 1. The number of anilines is 1. The van der Waals surface area contributed by atoms with Crippen LogP contribution in [0.5, 0.6) is 5.88 Å². The maximum Gasteiger partial charge on any atom is 0.234 e. The summed E-state index contributed by atoms with van der Waals surface area (Å²) in [5, 5.41) is 29.0. The van der Waals surface area contributed by atoms with Crippen LogP contribution < -0.4 is 9.64 Å². The molecule has 1 aromatic heterocycles. The molecule has 6 nitrogen and oxygen atoms in total.